The van der Waals surface area contributed by atoms with Gasteiger partial charge < -0.3 is 15.5 Å². The minimum absolute atomic E-state index is 0.000535. The van der Waals surface area contributed by atoms with Crippen molar-refractivity contribution in [2.75, 3.05) is 19.6 Å². The van der Waals surface area contributed by atoms with Crippen molar-refractivity contribution in [3.05, 3.63) is 34.3 Å². The van der Waals surface area contributed by atoms with Gasteiger partial charge in [0.1, 0.15) is 6.04 Å². The van der Waals surface area contributed by atoms with Crippen LogP contribution in [0.15, 0.2) is 28.7 Å². The zero-order valence-electron chi connectivity index (χ0n) is 17.5. The van der Waals surface area contributed by atoms with Crippen LogP contribution < -0.4 is 10.6 Å². The van der Waals surface area contributed by atoms with Crippen LogP contribution in [0.5, 0.6) is 0 Å². The van der Waals surface area contributed by atoms with E-state index in [1.54, 1.807) is 0 Å². The van der Waals surface area contributed by atoms with Gasteiger partial charge in [0.15, 0.2) is 0 Å². The third-order valence-corrected chi connectivity index (χ3v) is 5.60. The summed E-state index contributed by atoms with van der Waals surface area (Å²) in [5, 5.41) is 5.86. The number of nitrogens with zero attached hydrogens (tertiary/aromatic N) is 1. The molecule has 1 atom stereocenters. The minimum Gasteiger partial charge on any atom is -0.354 e. The van der Waals surface area contributed by atoms with E-state index >= 15 is 0 Å². The molecule has 1 aromatic carbocycles. The van der Waals surface area contributed by atoms with Crippen molar-refractivity contribution < 1.29 is 14.4 Å². The molecule has 1 aliphatic rings. The van der Waals surface area contributed by atoms with Crippen LogP contribution in [0.2, 0.25) is 0 Å². The standard InChI is InChI=1S/C22H32BrN3O3/c1-4-10-24-21(28)20(25-19(27)13-15(2)3)16-8-11-26(12-9-16)22(29)17-6-5-7-18(23)14-17/h5-7,14-16,20H,4,8-13H2,1-3H3,(H,24,28)(H,25,27). The van der Waals surface area contributed by atoms with Crippen molar-refractivity contribution in [1.29, 1.82) is 0 Å². The average molecular weight is 466 g/mol. The van der Waals surface area contributed by atoms with E-state index in [1.165, 1.54) is 0 Å². The fourth-order valence-corrected chi connectivity index (χ4v) is 4.00. The second kappa shape index (κ2) is 11.3. The van der Waals surface area contributed by atoms with E-state index < -0.39 is 6.04 Å². The van der Waals surface area contributed by atoms with Gasteiger partial charge >= 0.3 is 0 Å². The molecule has 0 radical (unpaired) electrons. The van der Waals surface area contributed by atoms with Gasteiger partial charge in [0.25, 0.3) is 5.91 Å². The molecule has 0 saturated carbocycles. The van der Waals surface area contributed by atoms with Crippen LogP contribution in [0.25, 0.3) is 0 Å². The van der Waals surface area contributed by atoms with E-state index in [-0.39, 0.29) is 29.6 Å². The molecule has 1 aromatic rings. The summed E-state index contributed by atoms with van der Waals surface area (Å²) in [5.74, 6) is 0.0409. The number of nitrogens with one attached hydrogen (secondary N) is 2. The molecule has 1 saturated heterocycles. The van der Waals surface area contributed by atoms with E-state index in [0.29, 0.717) is 44.5 Å². The quantitative estimate of drug-likeness (QED) is 0.617. The van der Waals surface area contributed by atoms with Gasteiger partial charge in [-0.2, -0.15) is 0 Å². The Hall–Kier alpha value is -1.89. The van der Waals surface area contributed by atoms with Crippen LogP contribution in [0, 0.1) is 11.8 Å². The largest absolute Gasteiger partial charge is 0.354 e. The Morgan fingerprint density at radius 2 is 1.90 bits per heavy atom. The number of likely N-dealkylation sites (tertiary alicyclic amines) is 1. The minimum atomic E-state index is -0.545. The lowest BCUT2D eigenvalue weighted by Crippen LogP contribution is -2.54. The number of halogens is 1. The van der Waals surface area contributed by atoms with Gasteiger partial charge in [0, 0.05) is 36.1 Å². The van der Waals surface area contributed by atoms with E-state index in [9.17, 15) is 14.4 Å². The SMILES string of the molecule is CCCNC(=O)C(NC(=O)CC(C)C)C1CCN(C(=O)c2cccc(Br)c2)CC1. The summed E-state index contributed by atoms with van der Waals surface area (Å²) in [4.78, 5) is 39.6. The molecule has 0 aromatic heterocycles. The average Bonchev–Trinajstić information content (AvgIpc) is 2.69. The first-order valence-electron chi connectivity index (χ1n) is 10.4. The van der Waals surface area contributed by atoms with Gasteiger partial charge in [-0.05, 0) is 49.3 Å². The van der Waals surface area contributed by atoms with Gasteiger partial charge in [-0.15, -0.1) is 0 Å². The van der Waals surface area contributed by atoms with Crippen LogP contribution in [-0.4, -0.2) is 48.3 Å². The van der Waals surface area contributed by atoms with E-state index in [4.69, 9.17) is 0 Å². The maximum Gasteiger partial charge on any atom is 0.253 e. The number of amides is 3. The summed E-state index contributed by atoms with van der Waals surface area (Å²) in [6.45, 7) is 7.71. The second-order valence-electron chi connectivity index (χ2n) is 8.07. The molecule has 3 amide bonds. The number of carbonyl (C=O) groups is 3. The molecule has 29 heavy (non-hydrogen) atoms. The fraction of sp³-hybridized carbons (Fsp3) is 0.591. The lowest BCUT2D eigenvalue weighted by atomic mass is 9.88. The number of carbonyl (C=O) groups excluding carboxylic acids is 3. The van der Waals surface area contributed by atoms with Gasteiger partial charge in [0.2, 0.25) is 11.8 Å². The summed E-state index contributed by atoms with van der Waals surface area (Å²) in [6.07, 6.45) is 2.62. The zero-order chi connectivity index (χ0) is 21.4. The summed E-state index contributed by atoms with van der Waals surface area (Å²) >= 11 is 3.40. The van der Waals surface area contributed by atoms with E-state index in [0.717, 1.165) is 10.9 Å². The third-order valence-electron chi connectivity index (χ3n) is 5.11. The number of hydrogen-bond acceptors (Lipinski definition) is 3. The van der Waals surface area contributed by atoms with Crippen molar-refractivity contribution in [1.82, 2.24) is 15.5 Å². The predicted octanol–water partition coefficient (Wildman–Crippen LogP) is 3.36. The molecule has 0 bridgehead atoms. The molecular formula is C22H32BrN3O3. The van der Waals surface area contributed by atoms with Gasteiger partial charge in [0.05, 0.1) is 0 Å². The second-order valence-corrected chi connectivity index (χ2v) is 8.99. The first-order chi connectivity index (χ1) is 13.8. The lowest BCUT2D eigenvalue weighted by Gasteiger charge is -2.36. The Balaban J connectivity index is 2.01. The molecule has 7 heteroatoms. The Morgan fingerprint density at radius 1 is 1.21 bits per heavy atom. The maximum absolute atomic E-state index is 12.8. The monoisotopic (exact) mass is 465 g/mol. The summed E-state index contributed by atoms with van der Waals surface area (Å²) in [5.41, 5.74) is 0.653. The third kappa shape index (κ3) is 7.14. The molecule has 0 spiro atoms. The smallest absolute Gasteiger partial charge is 0.253 e. The van der Waals surface area contributed by atoms with Crippen LogP contribution in [-0.2, 0) is 9.59 Å². The van der Waals surface area contributed by atoms with Crippen molar-refractivity contribution >= 4 is 33.7 Å². The first-order valence-corrected chi connectivity index (χ1v) is 11.2. The number of rotatable bonds is 8. The Kier molecular flexibility index (Phi) is 9.14. The molecule has 6 nitrogen and oxygen atoms in total. The molecule has 1 heterocycles. The Bertz CT molecular complexity index is 715. The van der Waals surface area contributed by atoms with Crippen molar-refractivity contribution in [3.8, 4) is 0 Å². The van der Waals surface area contributed by atoms with E-state index in [2.05, 4.69) is 26.6 Å². The highest BCUT2D eigenvalue weighted by Crippen LogP contribution is 2.23. The lowest BCUT2D eigenvalue weighted by molar-refractivity contribution is -0.131. The highest BCUT2D eigenvalue weighted by atomic mass is 79.9. The van der Waals surface area contributed by atoms with Crippen LogP contribution >= 0.6 is 15.9 Å². The van der Waals surface area contributed by atoms with Gasteiger partial charge in [-0.25, -0.2) is 0 Å². The van der Waals surface area contributed by atoms with Crippen molar-refractivity contribution in [2.45, 2.75) is 52.5 Å². The molecule has 1 aliphatic heterocycles. The molecule has 160 valence electrons. The predicted molar refractivity (Wildman–Crippen MR) is 117 cm³/mol. The number of benzene rings is 1. The fourth-order valence-electron chi connectivity index (χ4n) is 3.60. The Labute approximate surface area is 181 Å². The van der Waals surface area contributed by atoms with Crippen LogP contribution in [0.1, 0.15) is 56.8 Å². The molecule has 1 fully saturated rings. The number of hydrogen-bond donors (Lipinski definition) is 2. The van der Waals surface area contributed by atoms with Crippen LogP contribution in [0.4, 0.5) is 0 Å². The molecule has 2 N–H and O–H groups in total. The molecule has 0 aliphatic carbocycles. The summed E-state index contributed by atoms with van der Waals surface area (Å²) in [7, 11) is 0. The van der Waals surface area contributed by atoms with Gasteiger partial charge in [-0.3, -0.25) is 14.4 Å². The zero-order valence-corrected chi connectivity index (χ0v) is 19.1. The molecule has 1 unspecified atom stereocenters. The number of piperidine rings is 1. The van der Waals surface area contributed by atoms with Crippen molar-refractivity contribution in [2.24, 2.45) is 11.8 Å². The first kappa shape index (κ1) is 23.4. The Morgan fingerprint density at radius 3 is 2.48 bits per heavy atom. The normalized spacial score (nSPS) is 15.8. The van der Waals surface area contributed by atoms with Crippen LogP contribution in [0.3, 0.4) is 0 Å². The molecular weight excluding hydrogens is 434 g/mol. The summed E-state index contributed by atoms with van der Waals surface area (Å²) in [6, 6.07) is 6.83. The molecule has 2 rings (SSSR count). The van der Waals surface area contributed by atoms with E-state index in [1.807, 2.05) is 49.9 Å². The summed E-state index contributed by atoms with van der Waals surface area (Å²) < 4.78 is 0.874. The maximum atomic E-state index is 12.8. The topological polar surface area (TPSA) is 78.5 Å². The van der Waals surface area contributed by atoms with Gasteiger partial charge in [-0.1, -0.05) is 42.8 Å². The highest BCUT2D eigenvalue weighted by Gasteiger charge is 2.33. The van der Waals surface area contributed by atoms with Crippen molar-refractivity contribution in [3.63, 3.8) is 0 Å². The highest BCUT2D eigenvalue weighted by molar-refractivity contribution is 9.10.